The molecule has 0 bridgehead atoms. The molecule has 0 amide bonds. The van der Waals surface area contributed by atoms with Crippen LogP contribution < -0.4 is 0 Å². The molecule has 0 fully saturated rings. The minimum Gasteiger partial charge on any atom is -0.126 e. The third-order valence-electron chi connectivity index (χ3n) is 1.97. The first-order valence-electron chi connectivity index (χ1n) is 4.68. The van der Waals surface area contributed by atoms with Gasteiger partial charge in [-0.25, -0.2) is 0 Å². The van der Waals surface area contributed by atoms with E-state index in [1.165, 1.54) is 11.1 Å². The summed E-state index contributed by atoms with van der Waals surface area (Å²) in [7, 11) is 0. The lowest BCUT2D eigenvalue weighted by Crippen LogP contribution is -1.87. The van der Waals surface area contributed by atoms with Crippen molar-refractivity contribution >= 4 is 23.2 Å². The largest absolute Gasteiger partial charge is 0.126 e. The van der Waals surface area contributed by atoms with E-state index in [1.54, 1.807) is 0 Å². The van der Waals surface area contributed by atoms with Crippen molar-refractivity contribution in [2.75, 3.05) is 5.88 Å². The molecule has 0 radical (unpaired) electrons. The van der Waals surface area contributed by atoms with E-state index in [1.807, 2.05) is 18.2 Å². The molecule has 0 unspecified atom stereocenters. The summed E-state index contributed by atoms with van der Waals surface area (Å²) in [6.07, 6.45) is 4.07. The van der Waals surface area contributed by atoms with Gasteiger partial charge in [0.1, 0.15) is 0 Å². The average molecular weight is 229 g/mol. The van der Waals surface area contributed by atoms with Gasteiger partial charge in [0, 0.05) is 10.9 Å². The minimum absolute atomic E-state index is 0.687. The Morgan fingerprint density at radius 3 is 2.86 bits per heavy atom. The van der Waals surface area contributed by atoms with Gasteiger partial charge in [-0.05, 0) is 37.5 Å². The van der Waals surface area contributed by atoms with Gasteiger partial charge in [-0.2, -0.15) is 0 Å². The monoisotopic (exact) mass is 228 g/mol. The van der Waals surface area contributed by atoms with Gasteiger partial charge in [0.15, 0.2) is 0 Å². The smallest absolute Gasteiger partial charge is 0.0408 e. The van der Waals surface area contributed by atoms with Gasteiger partial charge in [-0.15, -0.1) is 11.6 Å². The molecule has 0 spiro atoms. The molecule has 0 N–H and O–H groups in total. The predicted octanol–water partition coefficient (Wildman–Crippen LogP) is 4.46. The molecular formula is C12H14Cl2. The highest BCUT2D eigenvalue weighted by Crippen LogP contribution is 2.14. The molecule has 0 aliphatic carbocycles. The first kappa shape index (κ1) is 11.6. The van der Waals surface area contributed by atoms with E-state index in [9.17, 15) is 0 Å². The lowest BCUT2D eigenvalue weighted by molar-refractivity contribution is 1.09. The maximum absolute atomic E-state index is 5.89. The molecule has 0 saturated carbocycles. The Hall–Kier alpha value is -0.460. The van der Waals surface area contributed by atoms with Crippen molar-refractivity contribution in [3.63, 3.8) is 0 Å². The summed E-state index contributed by atoms with van der Waals surface area (Å²) in [6, 6.07) is 7.96. The quantitative estimate of drug-likeness (QED) is 0.528. The second kappa shape index (κ2) is 6.10. The van der Waals surface area contributed by atoms with Gasteiger partial charge in [0.25, 0.3) is 0 Å². The highest BCUT2D eigenvalue weighted by Gasteiger charge is 1.95. The highest BCUT2D eigenvalue weighted by molar-refractivity contribution is 6.30. The Bertz CT molecular complexity index is 316. The van der Waals surface area contributed by atoms with Crippen LogP contribution in [0.3, 0.4) is 0 Å². The topological polar surface area (TPSA) is 0 Å². The summed E-state index contributed by atoms with van der Waals surface area (Å²) in [5.41, 5.74) is 2.59. The molecule has 0 aromatic heterocycles. The van der Waals surface area contributed by atoms with E-state index in [4.69, 9.17) is 23.2 Å². The molecular weight excluding hydrogens is 215 g/mol. The second-order valence-corrected chi connectivity index (χ2v) is 4.15. The minimum atomic E-state index is 0.687. The van der Waals surface area contributed by atoms with E-state index in [2.05, 4.69) is 19.1 Å². The fraction of sp³-hybridized carbons (Fsp3) is 0.333. The van der Waals surface area contributed by atoms with Crippen LogP contribution in [0.5, 0.6) is 0 Å². The van der Waals surface area contributed by atoms with E-state index in [0.29, 0.717) is 5.88 Å². The first-order chi connectivity index (χ1) is 6.72. The van der Waals surface area contributed by atoms with E-state index >= 15 is 0 Å². The van der Waals surface area contributed by atoms with Gasteiger partial charge in [0.2, 0.25) is 0 Å². The first-order valence-corrected chi connectivity index (χ1v) is 5.59. The lowest BCUT2D eigenvalue weighted by atomic mass is 10.1. The van der Waals surface area contributed by atoms with E-state index in [0.717, 1.165) is 17.9 Å². The second-order valence-electron chi connectivity index (χ2n) is 3.33. The molecule has 1 aromatic rings. The summed E-state index contributed by atoms with van der Waals surface area (Å²) >= 11 is 11.5. The number of benzene rings is 1. The van der Waals surface area contributed by atoms with Crippen molar-refractivity contribution in [2.24, 2.45) is 0 Å². The van der Waals surface area contributed by atoms with Gasteiger partial charge < -0.3 is 0 Å². The summed E-state index contributed by atoms with van der Waals surface area (Å²) < 4.78 is 0. The molecule has 0 heterocycles. The average Bonchev–Trinajstić information content (AvgIpc) is 2.15. The molecule has 0 atom stereocenters. The predicted molar refractivity (Wildman–Crippen MR) is 64.3 cm³/mol. The number of halogens is 2. The van der Waals surface area contributed by atoms with Gasteiger partial charge >= 0.3 is 0 Å². The van der Waals surface area contributed by atoms with Crippen molar-refractivity contribution in [2.45, 2.75) is 19.8 Å². The van der Waals surface area contributed by atoms with Crippen molar-refractivity contribution < 1.29 is 0 Å². The number of alkyl halides is 1. The maximum atomic E-state index is 5.89. The highest BCUT2D eigenvalue weighted by atomic mass is 35.5. The SMILES string of the molecule is CC(=CCCCl)Cc1cccc(Cl)c1. The number of hydrogen-bond acceptors (Lipinski definition) is 0. The van der Waals surface area contributed by atoms with Crippen LogP contribution in [-0.4, -0.2) is 5.88 Å². The van der Waals surface area contributed by atoms with Gasteiger partial charge in [0.05, 0.1) is 0 Å². The third kappa shape index (κ3) is 4.17. The van der Waals surface area contributed by atoms with E-state index in [-0.39, 0.29) is 0 Å². The molecule has 1 rings (SSSR count). The molecule has 2 heteroatoms. The fourth-order valence-corrected chi connectivity index (χ4v) is 1.66. The Balaban J connectivity index is 2.60. The molecule has 76 valence electrons. The zero-order valence-corrected chi connectivity index (χ0v) is 9.78. The van der Waals surface area contributed by atoms with Crippen molar-refractivity contribution in [1.82, 2.24) is 0 Å². The molecule has 0 aliphatic rings. The van der Waals surface area contributed by atoms with Crippen LogP contribution in [0.4, 0.5) is 0 Å². The van der Waals surface area contributed by atoms with Crippen LogP contribution in [0.15, 0.2) is 35.9 Å². The molecule has 14 heavy (non-hydrogen) atoms. The van der Waals surface area contributed by atoms with Crippen molar-refractivity contribution in [1.29, 1.82) is 0 Å². The number of hydrogen-bond donors (Lipinski definition) is 0. The molecule has 0 saturated heterocycles. The lowest BCUT2D eigenvalue weighted by Gasteiger charge is -2.02. The summed E-state index contributed by atoms with van der Waals surface area (Å²) in [6.45, 7) is 2.12. The van der Waals surface area contributed by atoms with Gasteiger partial charge in [-0.1, -0.05) is 35.4 Å². The third-order valence-corrected chi connectivity index (χ3v) is 2.43. The molecule has 0 nitrogen and oxygen atoms in total. The summed E-state index contributed by atoms with van der Waals surface area (Å²) in [4.78, 5) is 0. The number of rotatable bonds is 4. The standard InChI is InChI=1S/C12H14Cl2/c1-10(4-3-7-13)8-11-5-2-6-12(14)9-11/h2,4-6,9H,3,7-8H2,1H3. The normalized spacial score (nSPS) is 11.8. The van der Waals surface area contributed by atoms with Crippen LogP contribution in [-0.2, 0) is 6.42 Å². The Kier molecular flexibility index (Phi) is 5.06. The fourth-order valence-electron chi connectivity index (χ4n) is 1.34. The summed E-state index contributed by atoms with van der Waals surface area (Å²) in [5.74, 6) is 0.687. The molecule has 1 aromatic carbocycles. The molecule has 0 aliphatic heterocycles. The van der Waals surface area contributed by atoms with Gasteiger partial charge in [-0.3, -0.25) is 0 Å². The maximum Gasteiger partial charge on any atom is 0.0408 e. The number of allylic oxidation sites excluding steroid dienone is 2. The van der Waals surface area contributed by atoms with Crippen LogP contribution in [0.2, 0.25) is 5.02 Å². The van der Waals surface area contributed by atoms with Crippen LogP contribution in [0.25, 0.3) is 0 Å². The van der Waals surface area contributed by atoms with Crippen LogP contribution in [0.1, 0.15) is 18.9 Å². The Morgan fingerprint density at radius 1 is 1.43 bits per heavy atom. The van der Waals surface area contributed by atoms with E-state index < -0.39 is 0 Å². The van der Waals surface area contributed by atoms with Crippen molar-refractivity contribution in [3.8, 4) is 0 Å². The summed E-state index contributed by atoms with van der Waals surface area (Å²) in [5, 5.41) is 0.799. The van der Waals surface area contributed by atoms with Crippen LogP contribution >= 0.6 is 23.2 Å². The Morgan fingerprint density at radius 2 is 2.21 bits per heavy atom. The van der Waals surface area contributed by atoms with Crippen LogP contribution in [0, 0.1) is 0 Å². The zero-order chi connectivity index (χ0) is 10.4. The zero-order valence-electron chi connectivity index (χ0n) is 8.26. The Labute approximate surface area is 95.5 Å². The van der Waals surface area contributed by atoms with Crippen molar-refractivity contribution in [3.05, 3.63) is 46.5 Å².